The van der Waals surface area contributed by atoms with Crippen LogP contribution in [-0.2, 0) is 7.05 Å². The number of furan rings is 1. The first-order valence-corrected chi connectivity index (χ1v) is 10.7. The normalized spacial score (nSPS) is 12.9. The molecule has 4 aromatic carbocycles. The van der Waals surface area contributed by atoms with E-state index >= 15 is 0 Å². The molecule has 0 radical (unpaired) electrons. The van der Waals surface area contributed by atoms with E-state index in [0.717, 1.165) is 16.9 Å². The predicted molar refractivity (Wildman–Crippen MR) is 128 cm³/mol. The highest BCUT2D eigenvalue weighted by Gasteiger charge is 2.34. The van der Waals surface area contributed by atoms with E-state index in [4.69, 9.17) is 4.42 Å². The number of hydrogen-bond donors (Lipinski definition) is 0. The zero-order chi connectivity index (χ0) is 20.9. The van der Waals surface area contributed by atoms with Gasteiger partial charge in [-0.15, -0.1) is 0 Å². The molecule has 3 nitrogen and oxygen atoms in total. The van der Waals surface area contributed by atoms with Gasteiger partial charge in [0.15, 0.2) is 11.8 Å². The van der Waals surface area contributed by atoms with Crippen LogP contribution in [0.25, 0.3) is 54.7 Å². The minimum Gasteiger partial charge on any atom is -0.454 e. The van der Waals surface area contributed by atoms with Crippen LogP contribution in [0.5, 0.6) is 0 Å². The molecule has 0 N–H and O–H groups in total. The first-order chi connectivity index (χ1) is 15.1. The molecular formula is C28H21N2O+. The summed E-state index contributed by atoms with van der Waals surface area (Å²) < 4.78 is 8.72. The maximum absolute atomic E-state index is 6.46. The van der Waals surface area contributed by atoms with Gasteiger partial charge in [0.1, 0.15) is 12.6 Å². The summed E-state index contributed by atoms with van der Waals surface area (Å²) in [4.78, 5) is 2.33. The molecule has 1 aliphatic heterocycles. The second kappa shape index (κ2) is 5.64. The quantitative estimate of drug-likeness (QED) is 0.262. The summed E-state index contributed by atoms with van der Waals surface area (Å²) in [5.74, 6) is 0. The lowest BCUT2D eigenvalue weighted by Crippen LogP contribution is -2.33. The third-order valence-electron chi connectivity index (χ3n) is 6.96. The molecule has 1 aliphatic rings. The fourth-order valence-electron chi connectivity index (χ4n) is 5.50. The number of fused-ring (bicyclic) bond motifs is 7. The van der Waals surface area contributed by atoms with E-state index in [9.17, 15) is 0 Å². The van der Waals surface area contributed by atoms with Gasteiger partial charge in [0.05, 0.1) is 22.3 Å². The molecule has 0 atom stereocenters. The van der Waals surface area contributed by atoms with E-state index in [0.29, 0.717) is 0 Å². The first-order valence-electron chi connectivity index (χ1n) is 10.7. The summed E-state index contributed by atoms with van der Waals surface area (Å²) in [5.41, 5.74) is 8.14. The molecule has 3 heteroatoms. The van der Waals surface area contributed by atoms with Gasteiger partial charge in [0, 0.05) is 23.9 Å². The summed E-state index contributed by atoms with van der Waals surface area (Å²) in [6.45, 7) is 2.25. The summed E-state index contributed by atoms with van der Waals surface area (Å²) in [6.07, 6.45) is 2.18. The van der Waals surface area contributed by atoms with Crippen molar-refractivity contribution in [3.05, 3.63) is 78.5 Å². The molecule has 0 spiro atoms. The highest BCUT2D eigenvalue weighted by molar-refractivity contribution is 6.23. The maximum Gasteiger partial charge on any atom is 0.224 e. The van der Waals surface area contributed by atoms with Gasteiger partial charge >= 0.3 is 0 Å². The molecule has 0 unspecified atom stereocenters. The van der Waals surface area contributed by atoms with Crippen molar-refractivity contribution in [2.75, 3.05) is 11.9 Å². The Kier molecular flexibility index (Phi) is 3.07. The summed E-state index contributed by atoms with van der Waals surface area (Å²) in [7, 11) is 4.31. The average molecular weight is 401 g/mol. The Balaban J connectivity index is 1.75. The zero-order valence-corrected chi connectivity index (χ0v) is 17.7. The Morgan fingerprint density at radius 3 is 2.48 bits per heavy atom. The van der Waals surface area contributed by atoms with Crippen molar-refractivity contribution in [2.45, 2.75) is 6.92 Å². The number of aryl methyl sites for hydroxylation is 2. The third kappa shape index (κ3) is 2.01. The predicted octanol–water partition coefficient (Wildman–Crippen LogP) is 6.77. The summed E-state index contributed by atoms with van der Waals surface area (Å²) in [6, 6.07) is 23.8. The molecule has 0 fully saturated rings. The average Bonchev–Trinajstić information content (AvgIpc) is 3.16. The van der Waals surface area contributed by atoms with Gasteiger partial charge in [-0.3, -0.25) is 0 Å². The molecule has 7 rings (SSSR count). The van der Waals surface area contributed by atoms with E-state index in [2.05, 4.69) is 97.3 Å². The Bertz CT molecular complexity index is 1720. The van der Waals surface area contributed by atoms with Gasteiger partial charge in [-0.2, -0.15) is 0 Å². The lowest BCUT2D eigenvalue weighted by Gasteiger charge is -2.30. The smallest absolute Gasteiger partial charge is 0.224 e. The van der Waals surface area contributed by atoms with Crippen molar-refractivity contribution in [1.82, 2.24) is 0 Å². The molecule has 6 aromatic rings. The van der Waals surface area contributed by atoms with Crippen LogP contribution in [0.4, 0.5) is 11.4 Å². The van der Waals surface area contributed by atoms with E-state index < -0.39 is 0 Å². The monoisotopic (exact) mass is 401 g/mol. The zero-order valence-electron chi connectivity index (χ0n) is 17.7. The molecular weight excluding hydrogens is 380 g/mol. The largest absolute Gasteiger partial charge is 0.454 e. The molecule has 0 bridgehead atoms. The number of hydrogen-bond acceptors (Lipinski definition) is 2. The van der Waals surface area contributed by atoms with Crippen LogP contribution in [0.15, 0.2) is 77.3 Å². The van der Waals surface area contributed by atoms with E-state index in [-0.39, 0.29) is 0 Å². The molecule has 2 aromatic heterocycles. The highest BCUT2D eigenvalue weighted by atomic mass is 16.3. The van der Waals surface area contributed by atoms with Gasteiger partial charge in [0.2, 0.25) is 5.69 Å². The van der Waals surface area contributed by atoms with Crippen molar-refractivity contribution in [3.63, 3.8) is 0 Å². The number of para-hydroxylation sites is 1. The van der Waals surface area contributed by atoms with Gasteiger partial charge in [0.25, 0.3) is 0 Å². The molecule has 0 aliphatic carbocycles. The number of pyridine rings is 1. The van der Waals surface area contributed by atoms with Gasteiger partial charge in [-0.05, 0) is 46.8 Å². The van der Waals surface area contributed by atoms with E-state index in [1.54, 1.807) is 0 Å². The Labute approximate surface area is 179 Å². The second-order valence-corrected chi connectivity index (χ2v) is 8.62. The van der Waals surface area contributed by atoms with Gasteiger partial charge in [-0.1, -0.05) is 42.5 Å². The Hall–Kier alpha value is -3.85. The van der Waals surface area contributed by atoms with Gasteiger partial charge < -0.3 is 9.32 Å². The van der Waals surface area contributed by atoms with Crippen molar-refractivity contribution in [1.29, 1.82) is 0 Å². The molecule has 0 saturated carbocycles. The fraction of sp³-hybridized carbons (Fsp3) is 0.107. The van der Waals surface area contributed by atoms with Crippen LogP contribution >= 0.6 is 0 Å². The lowest BCUT2D eigenvalue weighted by molar-refractivity contribution is -0.659. The van der Waals surface area contributed by atoms with E-state index in [1.165, 1.54) is 54.8 Å². The molecule has 31 heavy (non-hydrogen) atoms. The summed E-state index contributed by atoms with van der Waals surface area (Å²) in [5, 5.41) is 7.41. The standard InChI is InChI=1S/C28H21N2O/c1-16-19-9-5-4-8-17(19)15-22-24(16)26-25-18(12-13-29(26)2)14-21-20-10-6-7-11-23(20)31-28(21)27(25)30(22)3/h4-15H,1-3H3/q+1. The number of rotatable bonds is 0. The van der Waals surface area contributed by atoms with Crippen molar-refractivity contribution in [3.8, 4) is 11.3 Å². The van der Waals surface area contributed by atoms with Gasteiger partial charge in [-0.25, -0.2) is 4.57 Å². The molecule has 0 amide bonds. The van der Waals surface area contributed by atoms with Crippen LogP contribution in [0.2, 0.25) is 0 Å². The van der Waals surface area contributed by atoms with Crippen LogP contribution in [0.1, 0.15) is 5.56 Å². The Morgan fingerprint density at radius 2 is 1.61 bits per heavy atom. The SMILES string of the molecule is Cc1c2c(cc3ccccc13)N(C)c1c3oc4ccccc4c3cc3cc[n+](C)c-2c13. The van der Waals surface area contributed by atoms with Crippen molar-refractivity contribution in [2.24, 2.45) is 7.05 Å². The number of anilines is 2. The maximum atomic E-state index is 6.46. The molecule has 0 saturated heterocycles. The number of aromatic nitrogens is 1. The third-order valence-corrected chi connectivity index (χ3v) is 6.96. The van der Waals surface area contributed by atoms with Crippen LogP contribution in [0.3, 0.4) is 0 Å². The number of benzene rings is 4. The topological polar surface area (TPSA) is 20.3 Å². The lowest BCUT2D eigenvalue weighted by atomic mass is 9.88. The fourth-order valence-corrected chi connectivity index (χ4v) is 5.50. The minimum atomic E-state index is 0.934. The molecule has 3 heterocycles. The number of nitrogens with zero attached hydrogens (tertiary/aromatic N) is 2. The summed E-state index contributed by atoms with van der Waals surface area (Å²) >= 11 is 0. The second-order valence-electron chi connectivity index (χ2n) is 8.62. The minimum absolute atomic E-state index is 0.934. The Morgan fingerprint density at radius 1 is 0.839 bits per heavy atom. The highest BCUT2D eigenvalue weighted by Crippen LogP contribution is 2.52. The first kappa shape index (κ1) is 16.9. The van der Waals surface area contributed by atoms with E-state index in [1.807, 2.05) is 6.07 Å². The van der Waals surface area contributed by atoms with Crippen LogP contribution in [-0.4, -0.2) is 7.05 Å². The van der Waals surface area contributed by atoms with Crippen LogP contribution in [0, 0.1) is 6.92 Å². The van der Waals surface area contributed by atoms with Crippen molar-refractivity contribution >= 4 is 54.9 Å². The van der Waals surface area contributed by atoms with Crippen LogP contribution < -0.4 is 9.47 Å². The van der Waals surface area contributed by atoms with Crippen molar-refractivity contribution < 1.29 is 8.98 Å². The molecule has 148 valence electrons.